The molecule has 1 aliphatic carbocycles. The molecule has 1 saturated heterocycles. The molecule has 2 N–H and O–H groups in total. The van der Waals surface area contributed by atoms with E-state index < -0.39 is 5.41 Å². The van der Waals surface area contributed by atoms with Crippen LogP contribution >= 0.6 is 0 Å². The molecule has 3 unspecified atom stereocenters. The second-order valence-electron chi connectivity index (χ2n) is 9.89. The third-order valence-corrected chi connectivity index (χ3v) is 7.95. The predicted molar refractivity (Wildman–Crippen MR) is 128 cm³/mol. The highest BCUT2D eigenvalue weighted by atomic mass is 16.3. The molecule has 0 aromatic heterocycles. The van der Waals surface area contributed by atoms with Crippen LogP contribution in [0.5, 0.6) is 0 Å². The lowest BCUT2D eigenvalue weighted by Crippen LogP contribution is -2.51. The number of likely N-dealkylation sites (tertiary alicyclic amines) is 1. The maximum Gasteiger partial charge on any atom is 0.238 e. The van der Waals surface area contributed by atoms with Gasteiger partial charge in [-0.05, 0) is 55.4 Å². The molecule has 0 spiro atoms. The smallest absolute Gasteiger partial charge is 0.238 e. The first kappa shape index (κ1) is 22.1. The van der Waals surface area contributed by atoms with Crippen LogP contribution in [0.2, 0.25) is 0 Å². The zero-order valence-corrected chi connectivity index (χ0v) is 19.5. The zero-order chi connectivity index (χ0) is 23.2. The van der Waals surface area contributed by atoms with E-state index in [0.29, 0.717) is 0 Å². The molecule has 0 radical (unpaired) electrons. The number of amides is 2. The molecular weight excluding hydrogens is 414 g/mol. The predicted octanol–water partition coefficient (Wildman–Crippen LogP) is 2.94. The molecule has 2 amide bonds. The number of aliphatic hydroxyl groups excluding tert-OH is 1. The lowest BCUT2D eigenvalue weighted by molar-refractivity contribution is -0.129. The molecule has 2 heterocycles. The van der Waals surface area contributed by atoms with Crippen molar-refractivity contribution in [3.05, 3.63) is 65.2 Å². The molecule has 2 aromatic rings. The van der Waals surface area contributed by atoms with Gasteiger partial charge in [-0.15, -0.1) is 0 Å². The number of anilines is 1. The normalized spacial score (nSPS) is 27.8. The SMILES string of the molecule is CNC(=O)CC1(C)C(=O)N(C2CCN(C3c4ccccc4CCC3O)CC2)c2ccccc21. The Morgan fingerprint density at radius 2 is 1.79 bits per heavy atom. The summed E-state index contributed by atoms with van der Waals surface area (Å²) in [6.45, 7) is 3.56. The molecule has 0 bridgehead atoms. The Morgan fingerprint density at radius 3 is 2.55 bits per heavy atom. The van der Waals surface area contributed by atoms with Crippen LogP contribution in [0.4, 0.5) is 5.69 Å². The highest BCUT2D eigenvalue weighted by Gasteiger charge is 2.50. The summed E-state index contributed by atoms with van der Waals surface area (Å²) in [5, 5.41) is 13.5. The average molecular weight is 448 g/mol. The van der Waals surface area contributed by atoms with Gasteiger partial charge in [0.25, 0.3) is 0 Å². The number of carbonyl (C=O) groups excluding carboxylic acids is 2. The van der Waals surface area contributed by atoms with Crippen molar-refractivity contribution in [3.63, 3.8) is 0 Å². The minimum absolute atomic E-state index is 0.0220. The van der Waals surface area contributed by atoms with Crippen molar-refractivity contribution in [1.82, 2.24) is 10.2 Å². The molecule has 6 nitrogen and oxygen atoms in total. The van der Waals surface area contributed by atoms with Gasteiger partial charge in [-0.1, -0.05) is 42.5 Å². The van der Waals surface area contributed by atoms with Gasteiger partial charge in [0.15, 0.2) is 0 Å². The molecule has 2 aliphatic heterocycles. The molecule has 2 aromatic carbocycles. The van der Waals surface area contributed by atoms with E-state index in [1.807, 2.05) is 36.1 Å². The fraction of sp³-hybridized carbons (Fsp3) is 0.481. The number of fused-ring (bicyclic) bond motifs is 2. The summed E-state index contributed by atoms with van der Waals surface area (Å²) in [4.78, 5) is 30.3. The Kier molecular flexibility index (Phi) is 5.75. The Morgan fingerprint density at radius 1 is 1.09 bits per heavy atom. The van der Waals surface area contributed by atoms with Crippen LogP contribution in [0.25, 0.3) is 0 Å². The number of nitrogens with one attached hydrogen (secondary N) is 1. The van der Waals surface area contributed by atoms with Crippen LogP contribution in [0.15, 0.2) is 48.5 Å². The van der Waals surface area contributed by atoms with Crippen LogP contribution in [-0.2, 0) is 21.4 Å². The minimum Gasteiger partial charge on any atom is -0.391 e. The number of benzene rings is 2. The summed E-state index contributed by atoms with van der Waals surface area (Å²) in [5.41, 5.74) is 3.62. The number of piperidine rings is 1. The summed E-state index contributed by atoms with van der Waals surface area (Å²) in [6, 6.07) is 16.5. The van der Waals surface area contributed by atoms with E-state index in [1.54, 1.807) is 7.05 Å². The minimum atomic E-state index is -0.841. The van der Waals surface area contributed by atoms with Gasteiger partial charge in [0.2, 0.25) is 11.8 Å². The van der Waals surface area contributed by atoms with Gasteiger partial charge in [-0.25, -0.2) is 0 Å². The number of aliphatic hydroxyl groups is 1. The Balaban J connectivity index is 1.37. The van der Waals surface area contributed by atoms with E-state index in [1.165, 1.54) is 11.1 Å². The summed E-state index contributed by atoms with van der Waals surface area (Å²) in [7, 11) is 1.61. The van der Waals surface area contributed by atoms with Crippen molar-refractivity contribution in [2.24, 2.45) is 0 Å². The largest absolute Gasteiger partial charge is 0.391 e. The lowest BCUT2D eigenvalue weighted by Gasteiger charge is -2.44. The first-order chi connectivity index (χ1) is 15.9. The number of hydrogen-bond acceptors (Lipinski definition) is 4. The average Bonchev–Trinajstić information content (AvgIpc) is 3.06. The molecular formula is C27H33N3O3. The first-order valence-corrected chi connectivity index (χ1v) is 12.1. The number of aryl methyl sites for hydroxylation is 1. The van der Waals surface area contributed by atoms with Gasteiger partial charge in [0.05, 0.1) is 17.6 Å². The molecule has 5 rings (SSSR count). The second kappa shape index (κ2) is 8.58. The highest BCUT2D eigenvalue weighted by molar-refractivity contribution is 6.10. The number of para-hydroxylation sites is 1. The van der Waals surface area contributed by atoms with Crippen molar-refractivity contribution < 1.29 is 14.7 Å². The summed E-state index contributed by atoms with van der Waals surface area (Å²) in [6.07, 6.45) is 3.20. The fourth-order valence-corrected chi connectivity index (χ4v) is 6.16. The lowest BCUT2D eigenvalue weighted by atomic mass is 9.80. The van der Waals surface area contributed by atoms with Crippen LogP contribution in [-0.4, -0.2) is 54.1 Å². The summed E-state index contributed by atoms with van der Waals surface area (Å²) >= 11 is 0. The second-order valence-corrected chi connectivity index (χ2v) is 9.89. The maximum atomic E-state index is 13.7. The molecule has 6 heteroatoms. The third kappa shape index (κ3) is 3.65. The maximum absolute atomic E-state index is 13.7. The Labute approximate surface area is 195 Å². The van der Waals surface area contributed by atoms with Crippen LogP contribution in [0, 0.1) is 0 Å². The molecule has 1 fully saturated rings. The highest BCUT2D eigenvalue weighted by Crippen LogP contribution is 2.46. The van der Waals surface area contributed by atoms with Crippen molar-refractivity contribution in [2.75, 3.05) is 25.0 Å². The molecule has 3 aliphatic rings. The zero-order valence-electron chi connectivity index (χ0n) is 19.5. The van der Waals surface area contributed by atoms with Crippen LogP contribution in [0.1, 0.15) is 55.3 Å². The van der Waals surface area contributed by atoms with E-state index in [9.17, 15) is 14.7 Å². The standard InChI is InChI=1S/C27H33N3O3/c1-27(17-24(32)28-2)21-9-5-6-10-22(21)30(26(27)33)19-13-15-29(16-14-19)25-20-8-4-3-7-18(20)11-12-23(25)31/h3-10,19,23,25,31H,11-17H2,1-2H3,(H,28,32). The fourth-order valence-electron chi connectivity index (χ4n) is 6.16. The van der Waals surface area contributed by atoms with Crippen LogP contribution in [0.3, 0.4) is 0 Å². The number of nitrogens with zero attached hydrogens (tertiary/aromatic N) is 2. The van der Waals surface area contributed by atoms with E-state index in [-0.39, 0.29) is 36.4 Å². The molecule has 33 heavy (non-hydrogen) atoms. The van der Waals surface area contributed by atoms with Crippen molar-refractivity contribution in [1.29, 1.82) is 0 Å². The molecule has 0 saturated carbocycles. The van der Waals surface area contributed by atoms with E-state index in [0.717, 1.165) is 50.0 Å². The molecule has 3 atom stereocenters. The van der Waals surface area contributed by atoms with Gasteiger partial charge < -0.3 is 15.3 Å². The topological polar surface area (TPSA) is 72.9 Å². The van der Waals surface area contributed by atoms with Gasteiger partial charge in [0.1, 0.15) is 0 Å². The Hall–Kier alpha value is -2.70. The number of carbonyl (C=O) groups is 2. The van der Waals surface area contributed by atoms with Crippen LogP contribution < -0.4 is 10.2 Å². The third-order valence-electron chi connectivity index (χ3n) is 7.95. The van der Waals surface area contributed by atoms with Crippen molar-refractivity contribution in [2.45, 2.75) is 62.6 Å². The molecule has 174 valence electrons. The van der Waals surface area contributed by atoms with Gasteiger partial charge in [0, 0.05) is 38.3 Å². The summed E-state index contributed by atoms with van der Waals surface area (Å²) < 4.78 is 0. The van der Waals surface area contributed by atoms with Crippen molar-refractivity contribution in [3.8, 4) is 0 Å². The van der Waals surface area contributed by atoms with E-state index in [2.05, 4.69) is 34.5 Å². The van der Waals surface area contributed by atoms with E-state index in [4.69, 9.17) is 0 Å². The Bertz CT molecular complexity index is 1060. The van der Waals surface area contributed by atoms with E-state index >= 15 is 0 Å². The quantitative estimate of drug-likeness (QED) is 0.756. The number of hydrogen-bond donors (Lipinski definition) is 2. The summed E-state index contributed by atoms with van der Waals surface area (Å²) in [5.74, 6) is -0.101. The number of rotatable bonds is 4. The van der Waals surface area contributed by atoms with Crippen molar-refractivity contribution >= 4 is 17.5 Å². The first-order valence-electron chi connectivity index (χ1n) is 12.1. The van der Waals surface area contributed by atoms with Gasteiger partial charge >= 0.3 is 0 Å². The van der Waals surface area contributed by atoms with Gasteiger partial charge in [-0.2, -0.15) is 0 Å². The van der Waals surface area contributed by atoms with Gasteiger partial charge in [-0.3, -0.25) is 14.5 Å². The monoisotopic (exact) mass is 447 g/mol.